The first-order chi connectivity index (χ1) is 20.3. The summed E-state index contributed by atoms with van der Waals surface area (Å²) >= 11 is 0. The van der Waals surface area contributed by atoms with Gasteiger partial charge >= 0.3 is 0 Å². The van der Waals surface area contributed by atoms with Crippen molar-refractivity contribution < 1.29 is 22.3 Å². The van der Waals surface area contributed by atoms with Crippen molar-refractivity contribution in [1.29, 1.82) is 0 Å². The van der Waals surface area contributed by atoms with Crippen LogP contribution in [-0.4, -0.2) is 47.6 Å². The van der Waals surface area contributed by atoms with Crippen LogP contribution in [0.15, 0.2) is 102 Å². The number of rotatable bonds is 9. The third-order valence-corrected chi connectivity index (χ3v) is 8.87. The molecule has 1 aliphatic heterocycles. The van der Waals surface area contributed by atoms with Crippen molar-refractivity contribution in [3.8, 4) is 5.75 Å². The molecule has 2 N–H and O–H groups in total. The maximum atomic E-state index is 14.2. The van der Waals surface area contributed by atoms with Gasteiger partial charge in [0.2, 0.25) is 10.0 Å². The molecule has 0 bridgehead atoms. The lowest BCUT2D eigenvalue weighted by Gasteiger charge is -2.38. The monoisotopic (exact) mass is 588 g/mol. The second kappa shape index (κ2) is 12.6. The number of ether oxygens (including phenoxy) is 1. The van der Waals surface area contributed by atoms with Gasteiger partial charge in [-0.05, 0) is 55.0 Å². The van der Waals surface area contributed by atoms with Crippen molar-refractivity contribution in [2.24, 2.45) is 0 Å². The van der Waals surface area contributed by atoms with E-state index < -0.39 is 27.8 Å². The van der Waals surface area contributed by atoms with Gasteiger partial charge in [0.1, 0.15) is 16.5 Å². The summed E-state index contributed by atoms with van der Waals surface area (Å²) in [7, 11) is -2.40. The number of hydrogen-bond acceptors (Lipinski definition) is 6. The fourth-order valence-corrected chi connectivity index (χ4v) is 6.58. The van der Waals surface area contributed by atoms with E-state index in [1.54, 1.807) is 32.2 Å². The molecule has 0 aliphatic carbocycles. The molecule has 8 nitrogen and oxygen atoms in total. The molecule has 1 amide bonds. The Bertz CT molecular complexity index is 1660. The summed E-state index contributed by atoms with van der Waals surface area (Å²) in [4.78, 5) is 17.1. The third-order valence-electron chi connectivity index (χ3n) is 7.30. The zero-order chi connectivity index (χ0) is 29.7. The Balaban J connectivity index is 1.44. The zero-order valence-corrected chi connectivity index (χ0v) is 24.3. The van der Waals surface area contributed by atoms with Gasteiger partial charge in [0, 0.05) is 37.9 Å². The van der Waals surface area contributed by atoms with E-state index in [1.165, 1.54) is 24.3 Å². The van der Waals surface area contributed by atoms with Gasteiger partial charge in [0.05, 0.1) is 24.0 Å². The molecular formula is C32H33FN4O4S. The van der Waals surface area contributed by atoms with Crippen molar-refractivity contribution in [3.63, 3.8) is 0 Å². The number of nitrogens with zero attached hydrogens (tertiary/aromatic N) is 2. The van der Waals surface area contributed by atoms with E-state index in [0.717, 1.165) is 17.0 Å². The molecule has 5 rings (SSSR count). The van der Waals surface area contributed by atoms with Crippen LogP contribution >= 0.6 is 0 Å². The van der Waals surface area contributed by atoms with Crippen molar-refractivity contribution in [1.82, 2.24) is 4.72 Å². The van der Waals surface area contributed by atoms with E-state index in [2.05, 4.69) is 14.9 Å². The molecule has 0 radical (unpaired) electrons. The molecular weight excluding hydrogens is 555 g/mol. The van der Waals surface area contributed by atoms with Gasteiger partial charge < -0.3 is 19.9 Å². The number of carbonyl (C=O) groups is 1. The van der Waals surface area contributed by atoms with Crippen LogP contribution in [-0.2, 0) is 10.0 Å². The Morgan fingerprint density at radius 3 is 2.14 bits per heavy atom. The predicted molar refractivity (Wildman–Crippen MR) is 163 cm³/mol. The minimum absolute atomic E-state index is 0.0300. The van der Waals surface area contributed by atoms with Crippen LogP contribution < -0.4 is 24.6 Å². The summed E-state index contributed by atoms with van der Waals surface area (Å²) in [5.74, 6) is -0.547. The summed E-state index contributed by atoms with van der Waals surface area (Å²) < 4.78 is 50.3. The first-order valence-corrected chi connectivity index (χ1v) is 15.2. The molecule has 1 heterocycles. The maximum absolute atomic E-state index is 14.2. The Hall–Kier alpha value is -4.41. The van der Waals surface area contributed by atoms with Crippen LogP contribution in [0, 0.1) is 5.82 Å². The summed E-state index contributed by atoms with van der Waals surface area (Å²) in [5, 5.41) is 2.66. The number of methoxy groups -OCH3 is 1. The lowest BCUT2D eigenvalue weighted by molar-refractivity contribution is 0.102. The summed E-state index contributed by atoms with van der Waals surface area (Å²) in [5.41, 5.74) is 2.43. The largest absolute Gasteiger partial charge is 0.495 e. The van der Waals surface area contributed by atoms with Gasteiger partial charge in [-0.15, -0.1) is 0 Å². The fraction of sp³-hybridized carbons (Fsp3) is 0.219. The average Bonchev–Trinajstić information content (AvgIpc) is 3.01. The van der Waals surface area contributed by atoms with Gasteiger partial charge in [-0.3, -0.25) is 4.79 Å². The lowest BCUT2D eigenvalue weighted by Crippen LogP contribution is -2.47. The zero-order valence-electron chi connectivity index (χ0n) is 23.5. The molecule has 4 aromatic carbocycles. The summed E-state index contributed by atoms with van der Waals surface area (Å²) in [6.07, 6.45) is 0. The Labute approximate surface area is 245 Å². The first-order valence-electron chi connectivity index (χ1n) is 13.7. The number of hydrogen-bond donors (Lipinski definition) is 2. The highest BCUT2D eigenvalue weighted by molar-refractivity contribution is 7.89. The van der Waals surface area contributed by atoms with Crippen LogP contribution in [0.25, 0.3) is 0 Å². The van der Waals surface area contributed by atoms with Crippen LogP contribution in [0.5, 0.6) is 5.75 Å². The molecule has 0 spiro atoms. The first kappa shape index (κ1) is 29.1. The second-order valence-corrected chi connectivity index (χ2v) is 11.7. The molecule has 4 aromatic rings. The Morgan fingerprint density at radius 1 is 0.833 bits per heavy atom. The summed E-state index contributed by atoms with van der Waals surface area (Å²) in [6, 6.07) is 27.0. The highest BCUT2D eigenvalue weighted by Crippen LogP contribution is 2.33. The number of piperazine rings is 1. The van der Waals surface area contributed by atoms with E-state index in [9.17, 15) is 17.6 Å². The molecule has 0 saturated carbocycles. The number of sulfonamides is 1. The summed E-state index contributed by atoms with van der Waals surface area (Å²) in [6.45, 7) is 4.22. The normalized spacial score (nSPS) is 14.4. The smallest absolute Gasteiger partial charge is 0.258 e. The lowest BCUT2D eigenvalue weighted by atomic mass is 10.1. The minimum atomic E-state index is -4.05. The number of para-hydroxylation sites is 2. The highest BCUT2D eigenvalue weighted by atomic mass is 32.2. The van der Waals surface area contributed by atoms with Crippen molar-refractivity contribution in [3.05, 3.63) is 114 Å². The van der Waals surface area contributed by atoms with Gasteiger partial charge in [-0.2, -0.15) is 0 Å². The van der Waals surface area contributed by atoms with Gasteiger partial charge in [0.25, 0.3) is 5.91 Å². The van der Waals surface area contributed by atoms with Crippen LogP contribution in [0.1, 0.15) is 28.9 Å². The molecule has 218 valence electrons. The SMILES string of the molecule is COc1ccccc1N1CCN(c2ccc(NC(=O)c3ccccc3F)cc2S(=O)(=O)NC(C)c2ccccc2)CC1. The second-order valence-electron chi connectivity index (χ2n) is 10.0. The molecule has 0 aromatic heterocycles. The molecule has 1 fully saturated rings. The van der Waals surface area contributed by atoms with E-state index in [-0.39, 0.29) is 16.1 Å². The molecule has 1 aliphatic rings. The topological polar surface area (TPSA) is 91.0 Å². The van der Waals surface area contributed by atoms with Crippen molar-refractivity contribution in [2.45, 2.75) is 17.9 Å². The van der Waals surface area contributed by atoms with E-state index in [4.69, 9.17) is 4.74 Å². The number of benzene rings is 4. The van der Waals surface area contributed by atoms with Crippen LogP contribution in [0.4, 0.5) is 21.5 Å². The van der Waals surface area contributed by atoms with Crippen LogP contribution in [0.2, 0.25) is 0 Å². The van der Waals surface area contributed by atoms with Crippen LogP contribution in [0.3, 0.4) is 0 Å². The Morgan fingerprint density at radius 2 is 1.45 bits per heavy atom. The third kappa shape index (κ3) is 6.40. The van der Waals surface area contributed by atoms with Crippen molar-refractivity contribution >= 4 is 33.0 Å². The number of halogens is 1. The molecule has 10 heteroatoms. The van der Waals surface area contributed by atoms with E-state index >= 15 is 0 Å². The fourth-order valence-electron chi connectivity index (χ4n) is 5.10. The Kier molecular flexibility index (Phi) is 8.75. The van der Waals surface area contributed by atoms with E-state index in [0.29, 0.717) is 31.9 Å². The molecule has 1 atom stereocenters. The van der Waals surface area contributed by atoms with Gasteiger partial charge in [0.15, 0.2) is 0 Å². The minimum Gasteiger partial charge on any atom is -0.495 e. The number of nitrogens with one attached hydrogen (secondary N) is 2. The van der Waals surface area contributed by atoms with Gasteiger partial charge in [-0.25, -0.2) is 17.5 Å². The molecule has 1 saturated heterocycles. The highest BCUT2D eigenvalue weighted by Gasteiger charge is 2.28. The quantitative estimate of drug-likeness (QED) is 0.270. The number of amides is 1. The molecule has 1 unspecified atom stereocenters. The van der Waals surface area contributed by atoms with E-state index in [1.807, 2.05) is 59.5 Å². The average molecular weight is 589 g/mol. The standard InChI is InChI=1S/C32H33FN4O4S/c1-23(24-10-4-3-5-11-24)35-42(39,40)31-22-25(34-32(38)26-12-6-7-13-27(26)33)16-17-29(31)37-20-18-36(19-21-37)28-14-8-9-15-30(28)41-2/h3-17,22-23,35H,18-21H2,1-2H3,(H,34,38). The van der Waals surface area contributed by atoms with Crippen molar-refractivity contribution in [2.75, 3.05) is 48.4 Å². The molecule has 42 heavy (non-hydrogen) atoms. The number of carbonyl (C=O) groups excluding carboxylic acids is 1. The maximum Gasteiger partial charge on any atom is 0.258 e. The number of anilines is 3. The predicted octanol–water partition coefficient (Wildman–Crippen LogP) is 5.45. The van der Waals surface area contributed by atoms with Gasteiger partial charge in [-0.1, -0.05) is 54.6 Å².